The molecule has 1 unspecified atom stereocenters. The normalized spacial score (nSPS) is 12.3. The Bertz CT molecular complexity index is 463. The van der Waals surface area contributed by atoms with Crippen molar-refractivity contribution in [1.29, 1.82) is 0 Å². The third-order valence-electron chi connectivity index (χ3n) is 2.51. The number of halogens is 2. The molecule has 98 valence electrons. The minimum absolute atomic E-state index is 0.238. The Morgan fingerprint density at radius 2 is 1.94 bits per heavy atom. The van der Waals surface area contributed by atoms with E-state index in [1.807, 2.05) is 0 Å². The van der Waals surface area contributed by atoms with Crippen LogP contribution in [-0.4, -0.2) is 28.4 Å². The summed E-state index contributed by atoms with van der Waals surface area (Å²) in [5, 5.41) is 9.86. The third-order valence-corrected chi connectivity index (χ3v) is 3.25. The Hall–Kier alpha value is -1.26. The molecule has 0 aromatic heterocycles. The van der Waals surface area contributed by atoms with E-state index in [1.54, 1.807) is 19.9 Å². The van der Waals surface area contributed by atoms with Gasteiger partial charge in [-0.15, -0.1) is 0 Å². The van der Waals surface area contributed by atoms with Gasteiger partial charge in [0.05, 0.1) is 10.0 Å². The minimum atomic E-state index is -1.12. The van der Waals surface area contributed by atoms with E-state index < -0.39 is 12.0 Å². The predicted molar refractivity (Wildman–Crippen MR) is 69.9 cm³/mol. The lowest BCUT2D eigenvalue weighted by Gasteiger charge is -2.29. The molecular weight excluding hydrogens is 277 g/mol. The largest absolute Gasteiger partial charge is 0.479 e. The number of carboxylic acid groups (broad SMARTS) is 1. The minimum Gasteiger partial charge on any atom is -0.479 e. The number of rotatable bonds is 5. The predicted octanol–water partition coefficient (Wildman–Crippen LogP) is 2.99. The number of hydrogen-bond donors (Lipinski definition) is 1. The summed E-state index contributed by atoms with van der Waals surface area (Å²) in [4.78, 5) is 23.6. The zero-order valence-corrected chi connectivity index (χ0v) is 11.4. The second-order valence-electron chi connectivity index (χ2n) is 4.06. The lowest BCUT2D eigenvalue weighted by molar-refractivity contribution is -0.147. The van der Waals surface area contributed by atoms with Crippen molar-refractivity contribution in [3.63, 3.8) is 0 Å². The number of nitrogens with zero attached hydrogens (tertiary/aromatic N) is 1. The van der Waals surface area contributed by atoms with Gasteiger partial charge >= 0.3 is 5.97 Å². The van der Waals surface area contributed by atoms with Gasteiger partial charge < -0.3 is 10.0 Å². The van der Waals surface area contributed by atoms with Crippen molar-refractivity contribution >= 4 is 35.6 Å². The molecule has 0 radical (unpaired) electrons. The highest BCUT2D eigenvalue weighted by Gasteiger charge is 2.28. The summed E-state index contributed by atoms with van der Waals surface area (Å²) in [6, 6.07) is 3.21. The van der Waals surface area contributed by atoms with E-state index in [0.29, 0.717) is 17.0 Å². The molecule has 1 atom stereocenters. The van der Waals surface area contributed by atoms with Crippen LogP contribution in [0.15, 0.2) is 18.2 Å². The Balaban J connectivity index is 3.23. The zero-order chi connectivity index (χ0) is 13.9. The lowest BCUT2D eigenvalue weighted by Crippen LogP contribution is -2.38. The topological polar surface area (TPSA) is 57.6 Å². The number of carbonyl (C=O) groups is 2. The van der Waals surface area contributed by atoms with E-state index in [1.165, 1.54) is 17.0 Å². The number of benzene rings is 1. The van der Waals surface area contributed by atoms with E-state index in [4.69, 9.17) is 23.2 Å². The van der Waals surface area contributed by atoms with Crippen LogP contribution < -0.4 is 0 Å². The Labute approximate surface area is 115 Å². The summed E-state index contributed by atoms with van der Waals surface area (Å²) < 4.78 is 0. The van der Waals surface area contributed by atoms with E-state index in [-0.39, 0.29) is 11.1 Å². The average molecular weight is 290 g/mol. The second kappa shape index (κ2) is 6.07. The first-order valence-electron chi connectivity index (χ1n) is 5.29. The van der Waals surface area contributed by atoms with Crippen LogP contribution in [0.25, 0.3) is 0 Å². The van der Waals surface area contributed by atoms with Gasteiger partial charge in [-0.3, -0.25) is 4.79 Å². The van der Waals surface area contributed by atoms with Gasteiger partial charge in [0.1, 0.15) is 0 Å². The second-order valence-corrected chi connectivity index (χ2v) is 4.88. The number of hydrogen-bond acceptors (Lipinski definition) is 2. The zero-order valence-electron chi connectivity index (χ0n) is 9.93. The molecule has 0 aliphatic rings. The Kier molecular flexibility index (Phi) is 4.99. The highest BCUT2D eigenvalue weighted by Crippen LogP contribution is 2.29. The van der Waals surface area contributed by atoms with Gasteiger partial charge in [0.2, 0.25) is 6.41 Å². The van der Waals surface area contributed by atoms with Gasteiger partial charge in [-0.05, 0) is 31.5 Å². The van der Waals surface area contributed by atoms with Crippen molar-refractivity contribution in [2.75, 3.05) is 0 Å². The summed E-state index contributed by atoms with van der Waals surface area (Å²) in [6.45, 7) is 3.48. The van der Waals surface area contributed by atoms with Crippen LogP contribution in [0.5, 0.6) is 0 Å². The first kappa shape index (κ1) is 14.8. The van der Waals surface area contributed by atoms with Crippen LogP contribution in [0.3, 0.4) is 0 Å². The monoisotopic (exact) mass is 289 g/mol. The molecule has 18 heavy (non-hydrogen) atoms. The van der Waals surface area contributed by atoms with Gasteiger partial charge in [0.25, 0.3) is 0 Å². The SMILES string of the molecule is CC(C)N(C=O)C(C(=O)O)c1ccc(Cl)c(Cl)c1. The van der Waals surface area contributed by atoms with Crippen molar-refractivity contribution in [2.45, 2.75) is 25.9 Å². The van der Waals surface area contributed by atoms with Crippen molar-refractivity contribution in [3.05, 3.63) is 33.8 Å². The maximum atomic E-state index is 11.3. The molecule has 0 bridgehead atoms. The van der Waals surface area contributed by atoms with Crippen molar-refractivity contribution in [1.82, 2.24) is 4.90 Å². The van der Waals surface area contributed by atoms with Crippen molar-refractivity contribution in [2.24, 2.45) is 0 Å². The van der Waals surface area contributed by atoms with Crippen molar-refractivity contribution < 1.29 is 14.7 Å². The van der Waals surface area contributed by atoms with Crippen LogP contribution >= 0.6 is 23.2 Å². The van der Waals surface area contributed by atoms with Gasteiger partial charge in [-0.25, -0.2) is 4.79 Å². The maximum Gasteiger partial charge on any atom is 0.331 e. The number of carboxylic acids is 1. The first-order valence-corrected chi connectivity index (χ1v) is 6.04. The van der Waals surface area contributed by atoms with Crippen LogP contribution in [0.2, 0.25) is 10.0 Å². The van der Waals surface area contributed by atoms with Crippen molar-refractivity contribution in [3.8, 4) is 0 Å². The highest BCUT2D eigenvalue weighted by atomic mass is 35.5. The van der Waals surface area contributed by atoms with Gasteiger partial charge in [-0.1, -0.05) is 29.3 Å². The van der Waals surface area contributed by atoms with Crippen LogP contribution in [0.1, 0.15) is 25.5 Å². The molecule has 0 saturated heterocycles. The quantitative estimate of drug-likeness (QED) is 0.848. The Morgan fingerprint density at radius 3 is 2.33 bits per heavy atom. The molecule has 0 aliphatic carbocycles. The molecule has 4 nitrogen and oxygen atoms in total. The number of aliphatic carboxylic acids is 1. The van der Waals surface area contributed by atoms with Crippen LogP contribution in [0.4, 0.5) is 0 Å². The van der Waals surface area contributed by atoms with E-state index >= 15 is 0 Å². The summed E-state index contributed by atoms with van der Waals surface area (Å²) in [7, 11) is 0. The highest BCUT2D eigenvalue weighted by molar-refractivity contribution is 6.42. The van der Waals surface area contributed by atoms with E-state index in [0.717, 1.165) is 0 Å². The fourth-order valence-electron chi connectivity index (χ4n) is 1.61. The van der Waals surface area contributed by atoms with Gasteiger partial charge in [-0.2, -0.15) is 0 Å². The average Bonchev–Trinajstić information content (AvgIpc) is 2.28. The Morgan fingerprint density at radius 1 is 1.33 bits per heavy atom. The molecule has 1 aromatic carbocycles. The smallest absolute Gasteiger partial charge is 0.331 e. The fourth-order valence-corrected chi connectivity index (χ4v) is 1.91. The summed E-state index contributed by atoms with van der Waals surface area (Å²) in [6.07, 6.45) is 0.520. The van der Waals surface area contributed by atoms with Gasteiger partial charge in [0, 0.05) is 6.04 Å². The molecule has 0 aliphatic heterocycles. The molecule has 0 heterocycles. The van der Waals surface area contributed by atoms with E-state index in [2.05, 4.69) is 0 Å². The summed E-state index contributed by atoms with van der Waals surface area (Å²) >= 11 is 11.6. The number of amides is 1. The molecule has 1 rings (SSSR count). The number of carbonyl (C=O) groups excluding carboxylic acids is 1. The van der Waals surface area contributed by atoms with Crippen LogP contribution in [-0.2, 0) is 9.59 Å². The molecule has 1 N–H and O–H groups in total. The van der Waals surface area contributed by atoms with Crippen LogP contribution in [0, 0.1) is 0 Å². The fraction of sp³-hybridized carbons (Fsp3) is 0.333. The summed E-state index contributed by atoms with van der Waals surface area (Å²) in [5.41, 5.74) is 0.415. The first-order chi connectivity index (χ1) is 8.38. The summed E-state index contributed by atoms with van der Waals surface area (Å²) in [5.74, 6) is -1.12. The third kappa shape index (κ3) is 3.15. The molecule has 0 fully saturated rings. The standard InChI is InChI=1S/C12H13Cl2NO3/c1-7(2)15(6-16)11(12(17)18)8-3-4-9(13)10(14)5-8/h3-7,11H,1-2H3,(H,17,18). The maximum absolute atomic E-state index is 11.3. The molecule has 0 spiro atoms. The van der Waals surface area contributed by atoms with E-state index in [9.17, 15) is 14.7 Å². The lowest BCUT2D eigenvalue weighted by atomic mass is 10.0. The van der Waals surface area contributed by atoms with Gasteiger partial charge in [0.15, 0.2) is 6.04 Å². The molecular formula is C12H13Cl2NO3. The molecule has 1 amide bonds. The molecule has 1 aromatic rings. The molecule has 0 saturated carbocycles. The molecule has 6 heteroatoms.